The number of hydrogen-bond donors (Lipinski definition) is 0. The maximum atomic E-state index is 5.49. The largest absolute Gasteiger partial charge is 0.378 e. The third kappa shape index (κ3) is 5.08. The molecule has 184 valence electrons. The summed E-state index contributed by atoms with van der Waals surface area (Å²) in [5.41, 5.74) is 10.2. The number of nitrogens with zero attached hydrogens (tertiary/aromatic N) is 2. The second-order valence-corrected chi connectivity index (χ2v) is 9.73. The Hall–Kier alpha value is -3.43. The molecule has 0 amide bonds. The highest BCUT2D eigenvalue weighted by Crippen LogP contribution is 2.34. The molecule has 0 aromatic heterocycles. The van der Waals surface area contributed by atoms with E-state index >= 15 is 0 Å². The van der Waals surface area contributed by atoms with Crippen molar-refractivity contribution in [3.05, 3.63) is 120 Å². The third-order valence-corrected chi connectivity index (χ3v) is 7.61. The van der Waals surface area contributed by atoms with E-state index < -0.39 is 0 Å². The van der Waals surface area contributed by atoms with Crippen LogP contribution in [0.15, 0.2) is 108 Å². The van der Waals surface area contributed by atoms with Crippen LogP contribution in [-0.2, 0) is 11.2 Å². The molecule has 1 saturated heterocycles. The van der Waals surface area contributed by atoms with E-state index in [4.69, 9.17) is 9.73 Å². The highest BCUT2D eigenvalue weighted by Gasteiger charge is 2.24. The number of anilines is 1. The van der Waals surface area contributed by atoms with E-state index in [1.807, 2.05) is 12.3 Å². The van der Waals surface area contributed by atoms with Gasteiger partial charge in [0.1, 0.15) is 0 Å². The minimum Gasteiger partial charge on any atom is -0.378 e. The first-order valence-corrected chi connectivity index (χ1v) is 13.2. The first kappa shape index (κ1) is 24.3. The van der Waals surface area contributed by atoms with Gasteiger partial charge >= 0.3 is 0 Å². The second kappa shape index (κ2) is 11.1. The average Bonchev–Trinajstić information content (AvgIpc) is 3.41. The van der Waals surface area contributed by atoms with Gasteiger partial charge in [0.15, 0.2) is 0 Å². The zero-order valence-corrected chi connectivity index (χ0v) is 21.3. The first-order chi connectivity index (χ1) is 17.7. The topological polar surface area (TPSA) is 24.8 Å². The number of ether oxygens (including phenoxy) is 1. The summed E-state index contributed by atoms with van der Waals surface area (Å²) in [6, 6.07) is 17.6. The predicted molar refractivity (Wildman–Crippen MR) is 153 cm³/mol. The Morgan fingerprint density at radius 1 is 1.11 bits per heavy atom. The molecule has 2 aliphatic heterocycles. The Kier molecular flexibility index (Phi) is 7.48. The number of aryl methyl sites for hydroxylation is 1. The molecule has 0 saturated carbocycles. The number of morpholine rings is 1. The second-order valence-electron chi connectivity index (χ2n) is 9.73. The lowest BCUT2D eigenvalue weighted by Gasteiger charge is -2.29. The molecule has 0 N–H and O–H groups in total. The summed E-state index contributed by atoms with van der Waals surface area (Å²) in [5.74, 6) is 0.171. The van der Waals surface area contributed by atoms with Gasteiger partial charge in [0, 0.05) is 36.8 Å². The van der Waals surface area contributed by atoms with Crippen LogP contribution < -0.4 is 4.90 Å². The molecule has 3 heteroatoms. The monoisotopic (exact) mass is 476 g/mol. The summed E-state index contributed by atoms with van der Waals surface area (Å²) in [6.45, 7) is 14.4. The van der Waals surface area contributed by atoms with E-state index in [2.05, 4.69) is 91.7 Å². The van der Waals surface area contributed by atoms with Gasteiger partial charge in [-0.15, -0.1) is 6.58 Å². The molecular weight excluding hydrogens is 440 g/mol. The predicted octanol–water partition coefficient (Wildman–Crippen LogP) is 7.30. The Balaban J connectivity index is 1.34. The Morgan fingerprint density at radius 3 is 2.64 bits per heavy atom. The zero-order valence-electron chi connectivity index (χ0n) is 21.3. The highest BCUT2D eigenvalue weighted by molar-refractivity contribution is 6.06. The smallest absolute Gasteiger partial charge is 0.0642 e. The molecular formula is C33H36N2O. The van der Waals surface area contributed by atoms with Crippen molar-refractivity contribution >= 4 is 17.5 Å². The van der Waals surface area contributed by atoms with Crippen LogP contribution in [0.2, 0.25) is 0 Å². The van der Waals surface area contributed by atoms with Crippen LogP contribution >= 0.6 is 0 Å². The summed E-state index contributed by atoms with van der Waals surface area (Å²) < 4.78 is 5.49. The summed E-state index contributed by atoms with van der Waals surface area (Å²) in [6.07, 6.45) is 14.1. The SMILES string of the molecule is C=CC(C(=C)C1=NC=CC1/C=C(\CC)C1=Cc2ccccc2CC1)c1ccc(N2CCOCC2)cc1. The van der Waals surface area contributed by atoms with E-state index in [9.17, 15) is 0 Å². The molecule has 2 heterocycles. The number of hydrogen-bond acceptors (Lipinski definition) is 3. The van der Waals surface area contributed by atoms with Gasteiger partial charge < -0.3 is 9.64 Å². The molecule has 2 atom stereocenters. The number of fused-ring (bicyclic) bond motifs is 1. The van der Waals surface area contributed by atoms with Gasteiger partial charge in [-0.2, -0.15) is 0 Å². The van der Waals surface area contributed by atoms with Crippen molar-refractivity contribution in [3.63, 3.8) is 0 Å². The third-order valence-electron chi connectivity index (χ3n) is 7.61. The normalized spacial score (nSPS) is 20.4. The minimum atomic E-state index is 0.0316. The van der Waals surface area contributed by atoms with Crippen LogP contribution in [0.25, 0.3) is 6.08 Å². The van der Waals surface area contributed by atoms with Crippen molar-refractivity contribution in [3.8, 4) is 0 Å². The van der Waals surface area contributed by atoms with Gasteiger partial charge in [-0.1, -0.05) is 74.2 Å². The molecule has 0 spiro atoms. The van der Waals surface area contributed by atoms with Crippen LogP contribution in [-0.4, -0.2) is 32.0 Å². The van der Waals surface area contributed by atoms with Crippen molar-refractivity contribution < 1.29 is 4.74 Å². The average molecular weight is 477 g/mol. The van der Waals surface area contributed by atoms with Crippen LogP contribution in [0.1, 0.15) is 42.4 Å². The van der Waals surface area contributed by atoms with E-state index in [1.54, 1.807) is 0 Å². The summed E-state index contributed by atoms with van der Waals surface area (Å²) in [7, 11) is 0. The number of aliphatic imine (C=N–C) groups is 1. The highest BCUT2D eigenvalue weighted by atomic mass is 16.5. The fraction of sp³-hybridized carbons (Fsp3) is 0.303. The molecule has 36 heavy (non-hydrogen) atoms. The zero-order chi connectivity index (χ0) is 24.9. The van der Waals surface area contributed by atoms with Gasteiger partial charge in [-0.25, -0.2) is 0 Å². The van der Waals surface area contributed by atoms with Crippen LogP contribution in [0, 0.1) is 5.92 Å². The lowest BCUT2D eigenvalue weighted by molar-refractivity contribution is 0.122. The van der Waals surface area contributed by atoms with Crippen molar-refractivity contribution in [2.24, 2.45) is 10.9 Å². The lowest BCUT2D eigenvalue weighted by Crippen LogP contribution is -2.36. The molecule has 2 aromatic carbocycles. The Morgan fingerprint density at radius 2 is 1.89 bits per heavy atom. The minimum absolute atomic E-state index is 0.0316. The molecule has 3 aliphatic rings. The van der Waals surface area contributed by atoms with Crippen molar-refractivity contribution in [1.82, 2.24) is 0 Å². The van der Waals surface area contributed by atoms with E-state index in [0.29, 0.717) is 0 Å². The van der Waals surface area contributed by atoms with Gasteiger partial charge in [0.25, 0.3) is 0 Å². The fourth-order valence-electron chi connectivity index (χ4n) is 5.53. The standard InChI is InChI=1S/C33H36N2O/c1-4-25(29-11-10-26-8-6-7-9-28(26)23-29)22-30-16-17-34-33(30)24(3)32(5-2)27-12-14-31(15-13-27)35-18-20-36-21-19-35/h5-9,12-17,22-23,30,32H,2-4,10-11,18-21H2,1H3/b25-22+. The molecule has 5 rings (SSSR count). The molecule has 1 fully saturated rings. The first-order valence-electron chi connectivity index (χ1n) is 13.2. The Bertz CT molecular complexity index is 1240. The summed E-state index contributed by atoms with van der Waals surface area (Å²) in [4.78, 5) is 7.15. The number of allylic oxidation sites excluding steroid dienone is 6. The van der Waals surface area contributed by atoms with Crippen LogP contribution in [0.4, 0.5) is 5.69 Å². The van der Waals surface area contributed by atoms with E-state index in [-0.39, 0.29) is 11.8 Å². The van der Waals surface area contributed by atoms with Gasteiger partial charge in [0.05, 0.1) is 18.9 Å². The maximum Gasteiger partial charge on any atom is 0.0642 e. The maximum absolute atomic E-state index is 5.49. The number of rotatable bonds is 8. The van der Waals surface area contributed by atoms with Gasteiger partial charge in [-0.05, 0) is 64.8 Å². The summed E-state index contributed by atoms with van der Waals surface area (Å²) >= 11 is 0. The molecule has 0 radical (unpaired) electrons. The summed E-state index contributed by atoms with van der Waals surface area (Å²) in [5, 5.41) is 0. The molecule has 2 unspecified atom stereocenters. The Labute approximate surface area is 215 Å². The van der Waals surface area contributed by atoms with Crippen LogP contribution in [0.5, 0.6) is 0 Å². The lowest BCUT2D eigenvalue weighted by atomic mass is 9.82. The number of benzene rings is 2. The van der Waals surface area contributed by atoms with Gasteiger partial charge in [0.2, 0.25) is 0 Å². The van der Waals surface area contributed by atoms with Crippen LogP contribution in [0.3, 0.4) is 0 Å². The molecule has 0 bridgehead atoms. The van der Waals surface area contributed by atoms with Crippen molar-refractivity contribution in [1.29, 1.82) is 0 Å². The van der Waals surface area contributed by atoms with E-state index in [0.717, 1.165) is 56.9 Å². The quantitative estimate of drug-likeness (QED) is 0.373. The van der Waals surface area contributed by atoms with Crippen molar-refractivity contribution in [2.45, 2.75) is 32.1 Å². The fourth-order valence-corrected chi connectivity index (χ4v) is 5.53. The van der Waals surface area contributed by atoms with E-state index in [1.165, 1.54) is 33.5 Å². The van der Waals surface area contributed by atoms with Gasteiger partial charge in [-0.3, -0.25) is 4.99 Å². The molecule has 3 nitrogen and oxygen atoms in total. The molecule has 1 aliphatic carbocycles. The van der Waals surface area contributed by atoms with Crippen molar-refractivity contribution in [2.75, 3.05) is 31.2 Å². The molecule has 2 aromatic rings.